The minimum atomic E-state index is -0.482. The number of nitriles is 1. The molecule has 0 fully saturated rings. The Balaban J connectivity index is 2.39. The van der Waals surface area contributed by atoms with Gasteiger partial charge in [0.1, 0.15) is 17.6 Å². The molecule has 0 amide bonds. The third kappa shape index (κ3) is 3.48. The molecule has 0 aliphatic carbocycles. The molecule has 0 saturated carbocycles. The van der Waals surface area contributed by atoms with Crippen LogP contribution in [0.2, 0.25) is 0 Å². The van der Waals surface area contributed by atoms with E-state index < -0.39 is 4.92 Å². The van der Waals surface area contributed by atoms with Gasteiger partial charge in [-0.25, -0.2) is 0 Å². The molecule has 0 aliphatic heterocycles. The van der Waals surface area contributed by atoms with Crippen LogP contribution in [0, 0.1) is 21.4 Å². The summed E-state index contributed by atoms with van der Waals surface area (Å²) >= 11 is 0. The smallest absolute Gasteiger partial charge is 0.275 e. The van der Waals surface area contributed by atoms with Crippen molar-refractivity contribution in [3.8, 4) is 17.6 Å². The molecule has 0 bridgehead atoms. The monoisotopic (exact) mass is 283 g/mol. The molecule has 2 rings (SSSR count). The number of nitro groups is 1. The zero-order valence-electron chi connectivity index (χ0n) is 11.4. The summed E-state index contributed by atoms with van der Waals surface area (Å²) in [5.41, 5.74) is 0.892. The molecule has 6 heteroatoms. The van der Waals surface area contributed by atoms with Gasteiger partial charge in [0, 0.05) is 24.4 Å². The molecular formula is C15H13N3O3. The number of benzene rings is 2. The van der Waals surface area contributed by atoms with Crippen molar-refractivity contribution in [2.24, 2.45) is 0 Å². The normalized spacial score (nSPS) is 9.71. The van der Waals surface area contributed by atoms with Crippen LogP contribution >= 0.6 is 0 Å². The first-order valence-electron chi connectivity index (χ1n) is 6.34. The Kier molecular flexibility index (Phi) is 4.36. The lowest BCUT2D eigenvalue weighted by molar-refractivity contribution is -0.384. The van der Waals surface area contributed by atoms with Crippen molar-refractivity contribution in [1.82, 2.24) is 0 Å². The molecule has 0 aliphatic rings. The van der Waals surface area contributed by atoms with E-state index in [1.54, 1.807) is 30.3 Å². The van der Waals surface area contributed by atoms with E-state index in [0.717, 1.165) is 0 Å². The second-order valence-corrected chi connectivity index (χ2v) is 4.21. The van der Waals surface area contributed by atoms with Gasteiger partial charge in [-0.1, -0.05) is 12.1 Å². The van der Waals surface area contributed by atoms with Crippen LogP contribution in [-0.4, -0.2) is 11.5 Å². The number of anilines is 1. The summed E-state index contributed by atoms with van der Waals surface area (Å²) in [5.74, 6) is 0.672. The van der Waals surface area contributed by atoms with Gasteiger partial charge in [-0.2, -0.15) is 5.26 Å². The maximum atomic E-state index is 11.0. The predicted molar refractivity (Wildman–Crippen MR) is 78.5 cm³/mol. The maximum Gasteiger partial charge on any atom is 0.275 e. The SMILES string of the molecule is CCNc1cc(Oc2ccccc2C#N)cc([N+](=O)[O-])c1. The zero-order valence-corrected chi connectivity index (χ0v) is 11.4. The van der Waals surface area contributed by atoms with Gasteiger partial charge in [0.2, 0.25) is 0 Å². The van der Waals surface area contributed by atoms with Gasteiger partial charge in [-0.15, -0.1) is 0 Å². The van der Waals surface area contributed by atoms with Crippen molar-refractivity contribution in [1.29, 1.82) is 5.26 Å². The summed E-state index contributed by atoms with van der Waals surface area (Å²) in [6, 6.07) is 13.2. The third-order valence-electron chi connectivity index (χ3n) is 2.72. The van der Waals surface area contributed by atoms with Crippen LogP contribution in [0.3, 0.4) is 0 Å². The third-order valence-corrected chi connectivity index (χ3v) is 2.72. The first-order valence-corrected chi connectivity index (χ1v) is 6.34. The Morgan fingerprint density at radius 1 is 1.33 bits per heavy atom. The highest BCUT2D eigenvalue weighted by molar-refractivity contribution is 5.57. The summed E-state index contributed by atoms with van der Waals surface area (Å²) in [7, 11) is 0. The van der Waals surface area contributed by atoms with Gasteiger partial charge in [0.15, 0.2) is 0 Å². The highest BCUT2D eigenvalue weighted by Gasteiger charge is 2.12. The van der Waals surface area contributed by atoms with E-state index in [0.29, 0.717) is 29.3 Å². The molecule has 106 valence electrons. The zero-order chi connectivity index (χ0) is 15.2. The summed E-state index contributed by atoms with van der Waals surface area (Å²) in [4.78, 5) is 10.5. The number of nitrogens with one attached hydrogen (secondary N) is 1. The van der Waals surface area contributed by atoms with Crippen molar-refractivity contribution < 1.29 is 9.66 Å². The van der Waals surface area contributed by atoms with E-state index in [2.05, 4.69) is 5.32 Å². The molecule has 6 nitrogen and oxygen atoms in total. The Morgan fingerprint density at radius 2 is 2.10 bits per heavy atom. The van der Waals surface area contributed by atoms with Crippen molar-refractivity contribution in [2.75, 3.05) is 11.9 Å². The minimum Gasteiger partial charge on any atom is -0.456 e. The van der Waals surface area contributed by atoms with Crippen LogP contribution in [-0.2, 0) is 0 Å². The molecule has 21 heavy (non-hydrogen) atoms. The molecule has 0 aromatic heterocycles. The second kappa shape index (κ2) is 6.39. The van der Waals surface area contributed by atoms with Gasteiger partial charge < -0.3 is 10.1 Å². The molecular weight excluding hydrogens is 270 g/mol. The van der Waals surface area contributed by atoms with Gasteiger partial charge in [0.05, 0.1) is 16.6 Å². The highest BCUT2D eigenvalue weighted by atomic mass is 16.6. The second-order valence-electron chi connectivity index (χ2n) is 4.21. The summed E-state index contributed by atoms with van der Waals surface area (Å²) in [6.45, 7) is 2.53. The van der Waals surface area contributed by atoms with Crippen LogP contribution in [0.5, 0.6) is 11.5 Å². The van der Waals surface area contributed by atoms with Crippen LogP contribution in [0.1, 0.15) is 12.5 Å². The molecule has 0 radical (unpaired) electrons. The molecule has 0 unspecified atom stereocenters. The van der Waals surface area contributed by atoms with Gasteiger partial charge >= 0.3 is 0 Å². The largest absolute Gasteiger partial charge is 0.456 e. The maximum absolute atomic E-state index is 11.0. The van der Waals surface area contributed by atoms with Crippen molar-refractivity contribution in [2.45, 2.75) is 6.92 Å². The van der Waals surface area contributed by atoms with Gasteiger partial charge in [-0.05, 0) is 19.1 Å². The van der Waals surface area contributed by atoms with E-state index in [1.807, 2.05) is 13.0 Å². The molecule has 0 spiro atoms. The molecule has 2 aromatic rings. The number of para-hydroxylation sites is 1. The van der Waals surface area contributed by atoms with E-state index in [9.17, 15) is 10.1 Å². The predicted octanol–water partition coefficient (Wildman–Crippen LogP) is 3.69. The lowest BCUT2D eigenvalue weighted by Crippen LogP contribution is -1.99. The fourth-order valence-corrected chi connectivity index (χ4v) is 1.83. The molecule has 1 N–H and O–H groups in total. The molecule has 0 saturated heterocycles. The van der Waals surface area contributed by atoms with E-state index in [4.69, 9.17) is 10.00 Å². The lowest BCUT2D eigenvalue weighted by Gasteiger charge is -2.09. The van der Waals surface area contributed by atoms with Crippen LogP contribution < -0.4 is 10.1 Å². The van der Waals surface area contributed by atoms with E-state index in [1.165, 1.54) is 12.1 Å². The van der Waals surface area contributed by atoms with Crippen molar-refractivity contribution >= 4 is 11.4 Å². The fourth-order valence-electron chi connectivity index (χ4n) is 1.83. The van der Waals surface area contributed by atoms with Crippen LogP contribution in [0.15, 0.2) is 42.5 Å². The number of nitro benzene ring substituents is 1. The Hall–Kier alpha value is -3.07. The molecule has 0 atom stereocenters. The average Bonchev–Trinajstić information content (AvgIpc) is 2.48. The van der Waals surface area contributed by atoms with Crippen molar-refractivity contribution in [3.63, 3.8) is 0 Å². The topological polar surface area (TPSA) is 88.2 Å². The molecule has 2 aromatic carbocycles. The Morgan fingerprint density at radius 3 is 2.76 bits per heavy atom. The van der Waals surface area contributed by atoms with E-state index >= 15 is 0 Å². The van der Waals surface area contributed by atoms with Crippen LogP contribution in [0.25, 0.3) is 0 Å². The fraction of sp³-hybridized carbons (Fsp3) is 0.133. The first kappa shape index (κ1) is 14.3. The number of ether oxygens (including phenoxy) is 1. The number of rotatable bonds is 5. The standard InChI is InChI=1S/C15H13N3O3/c1-2-17-12-7-13(18(19)20)9-14(8-12)21-15-6-4-3-5-11(15)10-16/h3-9,17H,2H2,1H3. The number of nitrogens with zero attached hydrogens (tertiary/aromatic N) is 2. The summed E-state index contributed by atoms with van der Waals surface area (Å²) in [5, 5.41) is 23.0. The first-order chi connectivity index (χ1) is 10.1. The number of non-ortho nitro benzene ring substituents is 1. The van der Waals surface area contributed by atoms with Crippen LogP contribution in [0.4, 0.5) is 11.4 Å². The van der Waals surface area contributed by atoms with E-state index in [-0.39, 0.29) is 5.69 Å². The lowest BCUT2D eigenvalue weighted by atomic mass is 10.2. The average molecular weight is 283 g/mol. The summed E-state index contributed by atoms with van der Waals surface area (Å²) < 4.78 is 5.61. The molecule has 0 heterocycles. The Bertz CT molecular complexity index is 708. The van der Waals surface area contributed by atoms with Gasteiger partial charge in [-0.3, -0.25) is 10.1 Å². The summed E-state index contributed by atoms with van der Waals surface area (Å²) in [6.07, 6.45) is 0. The van der Waals surface area contributed by atoms with Crippen molar-refractivity contribution in [3.05, 3.63) is 58.1 Å². The minimum absolute atomic E-state index is 0.0714. The highest BCUT2D eigenvalue weighted by Crippen LogP contribution is 2.31. The van der Waals surface area contributed by atoms with Gasteiger partial charge in [0.25, 0.3) is 5.69 Å². The Labute approximate surface area is 121 Å². The quantitative estimate of drug-likeness (QED) is 0.667. The number of hydrogen-bond donors (Lipinski definition) is 1. The number of hydrogen-bond acceptors (Lipinski definition) is 5.